The molecule has 28 heavy (non-hydrogen) atoms. The highest BCUT2D eigenvalue weighted by Crippen LogP contribution is 2.45. The van der Waals surface area contributed by atoms with Crippen LogP contribution in [0.5, 0.6) is 5.75 Å². The number of fused-ring (bicyclic) bond motifs is 1. The van der Waals surface area contributed by atoms with Crippen LogP contribution >= 0.6 is 0 Å². The average molecular weight is 377 g/mol. The molecule has 2 aromatic rings. The number of ether oxygens (including phenoxy) is 1. The molecule has 0 spiro atoms. The topological polar surface area (TPSA) is 59.4 Å². The quantitative estimate of drug-likeness (QED) is 0.800. The SMILES string of the molecule is CCc1cc2c(cc1C#Cc1ccc(CC(=O)O)cn1)C(C)(C)CC(C)(C)O2. The first-order valence-electron chi connectivity index (χ1n) is 9.65. The van der Waals surface area contributed by atoms with Gasteiger partial charge < -0.3 is 9.84 Å². The number of nitrogens with zero attached hydrogens (tertiary/aromatic N) is 1. The van der Waals surface area contributed by atoms with Gasteiger partial charge in [0.1, 0.15) is 17.0 Å². The summed E-state index contributed by atoms with van der Waals surface area (Å²) in [6.45, 7) is 10.9. The Bertz CT molecular complexity index is 960. The number of carboxylic acids is 1. The molecule has 0 aliphatic carbocycles. The highest BCUT2D eigenvalue weighted by molar-refractivity contribution is 5.70. The van der Waals surface area contributed by atoms with E-state index in [1.54, 1.807) is 18.3 Å². The summed E-state index contributed by atoms with van der Waals surface area (Å²) in [6.07, 6.45) is 3.35. The van der Waals surface area contributed by atoms with E-state index in [1.165, 1.54) is 5.56 Å². The zero-order valence-electron chi connectivity index (χ0n) is 17.2. The van der Waals surface area contributed by atoms with E-state index >= 15 is 0 Å². The molecule has 0 saturated carbocycles. The Balaban J connectivity index is 1.96. The average Bonchev–Trinajstić information content (AvgIpc) is 2.58. The number of aromatic nitrogens is 1. The van der Waals surface area contributed by atoms with Gasteiger partial charge in [-0.3, -0.25) is 4.79 Å². The number of aliphatic carboxylic acids is 1. The molecule has 1 aromatic heterocycles. The van der Waals surface area contributed by atoms with E-state index in [0.29, 0.717) is 11.3 Å². The van der Waals surface area contributed by atoms with Crippen molar-refractivity contribution in [2.75, 3.05) is 0 Å². The van der Waals surface area contributed by atoms with Crippen LogP contribution in [0, 0.1) is 11.8 Å². The predicted octanol–water partition coefficient (Wildman–Crippen LogP) is 4.51. The van der Waals surface area contributed by atoms with Crippen molar-refractivity contribution in [3.8, 4) is 17.6 Å². The van der Waals surface area contributed by atoms with E-state index in [9.17, 15) is 4.79 Å². The van der Waals surface area contributed by atoms with Crippen molar-refractivity contribution in [3.63, 3.8) is 0 Å². The molecule has 0 saturated heterocycles. The van der Waals surface area contributed by atoms with Gasteiger partial charge in [0.25, 0.3) is 0 Å². The summed E-state index contributed by atoms with van der Waals surface area (Å²) in [5.41, 5.74) is 4.47. The Labute approximate surface area is 167 Å². The smallest absolute Gasteiger partial charge is 0.307 e. The third-order valence-corrected chi connectivity index (χ3v) is 5.07. The van der Waals surface area contributed by atoms with Gasteiger partial charge in [-0.1, -0.05) is 32.8 Å². The number of carboxylic acid groups (broad SMARTS) is 1. The predicted molar refractivity (Wildman–Crippen MR) is 110 cm³/mol. The molecule has 146 valence electrons. The maximum absolute atomic E-state index is 10.8. The van der Waals surface area contributed by atoms with Gasteiger partial charge in [-0.05, 0) is 67.4 Å². The summed E-state index contributed by atoms with van der Waals surface area (Å²) >= 11 is 0. The summed E-state index contributed by atoms with van der Waals surface area (Å²) < 4.78 is 6.25. The van der Waals surface area contributed by atoms with E-state index in [0.717, 1.165) is 29.7 Å². The van der Waals surface area contributed by atoms with Crippen molar-refractivity contribution in [2.45, 2.75) is 64.9 Å². The van der Waals surface area contributed by atoms with Crippen LogP contribution in [0.4, 0.5) is 0 Å². The summed E-state index contributed by atoms with van der Waals surface area (Å²) in [5, 5.41) is 8.85. The third-order valence-electron chi connectivity index (χ3n) is 5.07. The van der Waals surface area contributed by atoms with E-state index in [-0.39, 0.29) is 17.4 Å². The van der Waals surface area contributed by atoms with Crippen LogP contribution in [-0.4, -0.2) is 21.7 Å². The number of carbonyl (C=O) groups is 1. The van der Waals surface area contributed by atoms with Crippen LogP contribution < -0.4 is 4.74 Å². The molecule has 0 unspecified atom stereocenters. The van der Waals surface area contributed by atoms with Gasteiger partial charge in [0.15, 0.2) is 0 Å². The van der Waals surface area contributed by atoms with E-state index < -0.39 is 5.97 Å². The lowest BCUT2D eigenvalue weighted by Crippen LogP contribution is -2.41. The molecule has 0 radical (unpaired) electrons. The van der Waals surface area contributed by atoms with Gasteiger partial charge in [-0.25, -0.2) is 4.98 Å². The minimum Gasteiger partial charge on any atom is -0.488 e. The van der Waals surface area contributed by atoms with E-state index in [1.807, 2.05) is 0 Å². The number of rotatable bonds is 3. The molecule has 1 aliphatic heterocycles. The lowest BCUT2D eigenvalue weighted by molar-refractivity contribution is -0.136. The normalized spacial score (nSPS) is 16.3. The van der Waals surface area contributed by atoms with Crippen molar-refractivity contribution in [3.05, 3.63) is 58.4 Å². The Kier molecular flexibility index (Phi) is 5.21. The molecule has 4 heteroatoms. The molecule has 4 nitrogen and oxygen atoms in total. The standard InChI is InChI=1S/C24H27NO3/c1-6-17-13-21-20(23(2,3)15-24(4,5)28-21)12-18(17)8-10-19-9-7-16(14-25-19)11-22(26)27/h7,9,12-14H,6,11,15H2,1-5H3,(H,26,27). The monoisotopic (exact) mass is 377 g/mol. The fourth-order valence-electron chi connectivity index (χ4n) is 4.05. The minimum atomic E-state index is -0.865. The number of pyridine rings is 1. The Morgan fingerprint density at radius 3 is 2.57 bits per heavy atom. The second-order valence-corrected chi connectivity index (χ2v) is 8.65. The lowest BCUT2D eigenvalue weighted by Gasteiger charge is -2.42. The molecule has 0 bridgehead atoms. The van der Waals surface area contributed by atoms with Crippen molar-refractivity contribution in [1.82, 2.24) is 4.98 Å². The van der Waals surface area contributed by atoms with Crippen LogP contribution in [-0.2, 0) is 23.1 Å². The van der Waals surface area contributed by atoms with Gasteiger partial charge in [-0.15, -0.1) is 0 Å². The van der Waals surface area contributed by atoms with Gasteiger partial charge in [0.2, 0.25) is 0 Å². The first kappa shape index (κ1) is 19.9. The Morgan fingerprint density at radius 2 is 1.96 bits per heavy atom. The van der Waals surface area contributed by atoms with Crippen molar-refractivity contribution >= 4 is 5.97 Å². The summed E-state index contributed by atoms with van der Waals surface area (Å²) in [7, 11) is 0. The number of benzene rings is 1. The molecule has 0 fully saturated rings. The fourth-order valence-corrected chi connectivity index (χ4v) is 4.05. The van der Waals surface area contributed by atoms with Crippen molar-refractivity contribution in [1.29, 1.82) is 0 Å². The summed E-state index contributed by atoms with van der Waals surface area (Å²) in [5.74, 6) is 6.47. The molecule has 1 aromatic carbocycles. The number of aryl methyl sites for hydroxylation is 1. The molecular formula is C24H27NO3. The second kappa shape index (κ2) is 7.31. The fraction of sp³-hybridized carbons (Fsp3) is 0.417. The highest BCUT2D eigenvalue weighted by atomic mass is 16.5. The number of hydrogen-bond donors (Lipinski definition) is 1. The minimum absolute atomic E-state index is 0.0104. The summed E-state index contributed by atoms with van der Waals surface area (Å²) in [4.78, 5) is 15.1. The van der Waals surface area contributed by atoms with Crippen LogP contribution in [0.15, 0.2) is 30.5 Å². The molecular weight excluding hydrogens is 350 g/mol. The molecule has 2 heterocycles. The lowest BCUT2D eigenvalue weighted by atomic mass is 9.73. The zero-order valence-corrected chi connectivity index (χ0v) is 17.2. The molecule has 0 amide bonds. The van der Waals surface area contributed by atoms with Gasteiger partial charge in [0, 0.05) is 17.3 Å². The Hall–Kier alpha value is -2.80. The molecule has 3 rings (SSSR count). The molecule has 1 aliphatic rings. The number of hydrogen-bond acceptors (Lipinski definition) is 3. The first-order chi connectivity index (χ1) is 13.1. The van der Waals surface area contributed by atoms with E-state index in [2.05, 4.69) is 63.6 Å². The van der Waals surface area contributed by atoms with Crippen LogP contribution in [0.2, 0.25) is 0 Å². The van der Waals surface area contributed by atoms with Gasteiger partial charge >= 0.3 is 5.97 Å². The molecule has 1 N–H and O–H groups in total. The maximum Gasteiger partial charge on any atom is 0.307 e. The van der Waals surface area contributed by atoms with Crippen LogP contribution in [0.25, 0.3) is 0 Å². The van der Waals surface area contributed by atoms with Gasteiger partial charge in [0.05, 0.1) is 6.42 Å². The maximum atomic E-state index is 10.8. The van der Waals surface area contributed by atoms with Crippen LogP contribution in [0.1, 0.15) is 69.0 Å². The first-order valence-corrected chi connectivity index (χ1v) is 9.65. The van der Waals surface area contributed by atoms with Gasteiger partial charge in [-0.2, -0.15) is 0 Å². The largest absolute Gasteiger partial charge is 0.488 e. The molecule has 0 atom stereocenters. The van der Waals surface area contributed by atoms with Crippen molar-refractivity contribution < 1.29 is 14.6 Å². The second-order valence-electron chi connectivity index (χ2n) is 8.65. The third kappa shape index (κ3) is 4.36. The van der Waals surface area contributed by atoms with E-state index in [4.69, 9.17) is 9.84 Å². The Morgan fingerprint density at radius 1 is 1.21 bits per heavy atom. The zero-order chi connectivity index (χ0) is 20.5. The highest BCUT2D eigenvalue weighted by Gasteiger charge is 2.39. The van der Waals surface area contributed by atoms with Crippen molar-refractivity contribution in [2.24, 2.45) is 0 Å². The van der Waals surface area contributed by atoms with Crippen LogP contribution in [0.3, 0.4) is 0 Å². The summed E-state index contributed by atoms with van der Waals surface area (Å²) in [6, 6.07) is 7.82.